The lowest BCUT2D eigenvalue weighted by Gasteiger charge is -2.14. The highest BCUT2D eigenvalue weighted by molar-refractivity contribution is 7.26. The summed E-state index contributed by atoms with van der Waals surface area (Å²) in [5.41, 5.74) is 11.1. The van der Waals surface area contributed by atoms with Gasteiger partial charge < -0.3 is 17.8 Å². The molecule has 0 bridgehead atoms. The van der Waals surface area contributed by atoms with Crippen LogP contribution in [0, 0.1) is 22.7 Å². The van der Waals surface area contributed by atoms with Gasteiger partial charge in [0.15, 0.2) is 5.58 Å². The minimum absolute atomic E-state index is 0.435. The second-order valence-electron chi connectivity index (χ2n) is 14.0. The Morgan fingerprint density at radius 1 is 0.491 bits per heavy atom. The summed E-state index contributed by atoms with van der Waals surface area (Å²) in [6.45, 7) is 4.47. The van der Waals surface area contributed by atoms with Crippen LogP contribution >= 0.6 is 11.3 Å². The van der Waals surface area contributed by atoms with Gasteiger partial charge in [-0.15, -0.1) is 11.3 Å². The standard InChI is InChI=1S/C48H25N5OS/c1-27-31-12-8-13-33-34-14-9-15-36-46(34)53(47-35-11-3-7-19-44(35)55-48(36)47)42-24-40-37(23-41(42)52(45(31)33)39-17-5-6-18-43(39)54-27)32-10-2-4-16-38(32)51(40)30-21-28(25-49)20-29(22-30)26-50/h2-24H,1H2. The Balaban J connectivity index is 1.48. The van der Waals surface area contributed by atoms with Gasteiger partial charge in [-0.2, -0.15) is 10.5 Å². The van der Waals surface area contributed by atoms with E-state index in [2.05, 4.69) is 135 Å². The minimum atomic E-state index is 0.435. The highest BCUT2D eigenvalue weighted by Gasteiger charge is 2.22. The first kappa shape index (κ1) is 29.9. The van der Waals surface area contributed by atoms with Crippen molar-refractivity contribution in [2.24, 2.45) is 0 Å². The molecule has 0 atom stereocenters. The summed E-state index contributed by atoms with van der Waals surface area (Å²) in [6, 6.07) is 52.8. The van der Waals surface area contributed by atoms with E-state index in [1.165, 1.54) is 20.2 Å². The molecule has 254 valence electrons. The Labute approximate surface area is 315 Å². The third kappa shape index (κ3) is 3.89. The normalized spacial score (nSPS) is 12.0. The maximum atomic E-state index is 10.0. The number of benzene rings is 7. The number of rotatable bonds is 1. The predicted octanol–water partition coefficient (Wildman–Crippen LogP) is 11.9. The van der Waals surface area contributed by atoms with Crippen molar-refractivity contribution in [2.45, 2.75) is 0 Å². The molecule has 0 N–H and O–H groups in total. The SMILES string of the molecule is C=c1oc2ccccc2n2c3cc4c5ccccc5n(-c5cc(C#N)cc(C#N)c5)c4cc3n3c4c(cccc4c4sc5ccccc5c43)c3cccc1c32. The van der Waals surface area contributed by atoms with Crippen LogP contribution in [0.1, 0.15) is 11.1 Å². The highest BCUT2D eigenvalue weighted by atomic mass is 32.1. The first-order valence-electron chi connectivity index (χ1n) is 18.0. The van der Waals surface area contributed by atoms with Crippen molar-refractivity contribution < 1.29 is 4.42 Å². The van der Waals surface area contributed by atoms with Gasteiger partial charge in [0.25, 0.3) is 0 Å². The first-order chi connectivity index (χ1) is 27.1. The molecule has 55 heavy (non-hydrogen) atoms. The van der Waals surface area contributed by atoms with Crippen LogP contribution in [-0.4, -0.2) is 13.4 Å². The Bertz CT molecular complexity index is 3860. The maximum absolute atomic E-state index is 10.0. The van der Waals surface area contributed by atoms with Crippen LogP contribution in [0.2, 0.25) is 0 Å². The topological polar surface area (TPSA) is 74.5 Å². The average molecular weight is 720 g/mol. The molecule has 5 heterocycles. The molecule has 5 aromatic heterocycles. The van der Waals surface area contributed by atoms with Crippen molar-refractivity contribution in [1.29, 1.82) is 10.5 Å². The third-order valence-electron chi connectivity index (χ3n) is 11.2. The summed E-state index contributed by atoms with van der Waals surface area (Å²) in [7, 11) is 0. The summed E-state index contributed by atoms with van der Waals surface area (Å²) < 4.78 is 16.1. The average Bonchev–Trinajstić information content (AvgIpc) is 3.84. The molecular formula is C48H25N5OS. The predicted molar refractivity (Wildman–Crippen MR) is 226 cm³/mol. The fourth-order valence-corrected chi connectivity index (χ4v) is 10.2. The second kappa shape index (κ2) is 10.7. The van der Waals surface area contributed by atoms with Crippen molar-refractivity contribution >= 4 is 115 Å². The van der Waals surface area contributed by atoms with E-state index in [0.717, 1.165) is 82.3 Å². The van der Waals surface area contributed by atoms with E-state index >= 15 is 0 Å². The quantitative estimate of drug-likeness (QED) is 0.169. The van der Waals surface area contributed by atoms with Gasteiger partial charge in [0.2, 0.25) is 0 Å². The first-order valence-corrected chi connectivity index (χ1v) is 18.8. The number of nitriles is 2. The van der Waals surface area contributed by atoms with Crippen molar-refractivity contribution in [1.82, 2.24) is 13.4 Å². The van der Waals surface area contributed by atoms with Gasteiger partial charge in [0, 0.05) is 48.1 Å². The number of nitrogens with zero attached hydrogens (tertiary/aromatic N) is 5. The summed E-state index contributed by atoms with van der Waals surface area (Å²) in [6.07, 6.45) is 0. The number of hydrogen-bond donors (Lipinski definition) is 0. The van der Waals surface area contributed by atoms with Gasteiger partial charge in [-0.25, -0.2) is 0 Å². The molecule has 0 aliphatic heterocycles. The summed E-state index contributed by atoms with van der Waals surface area (Å²) in [5, 5.41) is 27.7. The van der Waals surface area contributed by atoms with Gasteiger partial charge in [-0.1, -0.05) is 85.4 Å². The van der Waals surface area contributed by atoms with Gasteiger partial charge in [-0.3, -0.25) is 0 Å². The van der Waals surface area contributed by atoms with Crippen molar-refractivity contribution in [3.8, 4) is 17.8 Å². The smallest absolute Gasteiger partial charge is 0.151 e. The number of hydrogen-bond acceptors (Lipinski definition) is 4. The van der Waals surface area contributed by atoms with E-state index in [0.29, 0.717) is 16.5 Å². The zero-order chi connectivity index (χ0) is 36.5. The van der Waals surface area contributed by atoms with Gasteiger partial charge in [-0.05, 0) is 60.7 Å². The lowest BCUT2D eigenvalue weighted by Crippen LogP contribution is -2.00. The molecule has 12 rings (SSSR count). The molecule has 0 saturated carbocycles. The van der Waals surface area contributed by atoms with Gasteiger partial charge >= 0.3 is 0 Å². The molecule has 0 radical (unpaired) electrons. The van der Waals surface area contributed by atoms with E-state index in [4.69, 9.17) is 4.42 Å². The molecule has 12 aromatic rings. The molecule has 6 nitrogen and oxygen atoms in total. The Kier molecular flexibility index (Phi) is 5.85. The minimum Gasteiger partial charge on any atom is -0.455 e. The number of fused-ring (bicyclic) bond motifs is 14. The van der Waals surface area contributed by atoms with Gasteiger partial charge in [0.05, 0.1) is 72.1 Å². The monoisotopic (exact) mass is 719 g/mol. The van der Waals surface area contributed by atoms with E-state index < -0.39 is 0 Å². The number of thiophene rings is 1. The Morgan fingerprint density at radius 3 is 1.89 bits per heavy atom. The zero-order valence-corrected chi connectivity index (χ0v) is 29.9. The fourth-order valence-electron chi connectivity index (χ4n) is 8.99. The van der Waals surface area contributed by atoms with Crippen LogP contribution < -0.4 is 5.42 Å². The summed E-state index contributed by atoms with van der Waals surface area (Å²) in [4.78, 5) is 0. The molecule has 0 fully saturated rings. The second-order valence-corrected chi connectivity index (χ2v) is 15.1. The van der Waals surface area contributed by atoms with Crippen molar-refractivity contribution in [3.05, 3.63) is 156 Å². The molecule has 0 aliphatic carbocycles. The molecule has 0 spiro atoms. The van der Waals surface area contributed by atoms with Crippen molar-refractivity contribution in [3.63, 3.8) is 0 Å². The molecular weight excluding hydrogens is 695 g/mol. The Morgan fingerprint density at radius 2 is 1.11 bits per heavy atom. The van der Waals surface area contributed by atoms with Crippen LogP contribution in [0.3, 0.4) is 0 Å². The summed E-state index contributed by atoms with van der Waals surface area (Å²) >= 11 is 1.83. The molecule has 0 amide bonds. The Hall–Kier alpha value is -7.58. The molecule has 0 saturated heterocycles. The molecule has 0 unspecified atom stereocenters. The van der Waals surface area contributed by atoms with E-state index in [1.807, 2.05) is 41.7 Å². The van der Waals surface area contributed by atoms with Crippen molar-refractivity contribution in [2.75, 3.05) is 0 Å². The highest BCUT2D eigenvalue weighted by Crippen LogP contribution is 2.45. The number of para-hydroxylation sites is 5. The molecule has 7 aromatic carbocycles. The maximum Gasteiger partial charge on any atom is 0.151 e. The number of aromatic nitrogens is 3. The van der Waals surface area contributed by atoms with E-state index in [9.17, 15) is 10.5 Å². The lowest BCUT2D eigenvalue weighted by atomic mass is 10.1. The van der Waals surface area contributed by atoms with Gasteiger partial charge in [0.1, 0.15) is 5.42 Å². The fraction of sp³-hybridized carbons (Fsp3) is 0. The van der Waals surface area contributed by atoms with E-state index in [-0.39, 0.29) is 0 Å². The van der Waals surface area contributed by atoms with Crippen LogP contribution in [0.5, 0.6) is 0 Å². The van der Waals surface area contributed by atoms with Crippen LogP contribution in [0.25, 0.3) is 109 Å². The summed E-state index contributed by atoms with van der Waals surface area (Å²) in [5.74, 6) is 0. The zero-order valence-electron chi connectivity index (χ0n) is 29.0. The van der Waals surface area contributed by atoms with Crippen LogP contribution in [0.15, 0.2) is 144 Å². The largest absolute Gasteiger partial charge is 0.455 e. The molecule has 0 aliphatic rings. The lowest BCUT2D eigenvalue weighted by molar-refractivity contribution is 0.578. The third-order valence-corrected chi connectivity index (χ3v) is 12.4. The van der Waals surface area contributed by atoms with Crippen LogP contribution in [-0.2, 0) is 0 Å². The molecule has 7 heteroatoms. The van der Waals surface area contributed by atoms with E-state index in [1.54, 1.807) is 6.07 Å². The van der Waals surface area contributed by atoms with Crippen LogP contribution in [0.4, 0.5) is 0 Å².